The molecule has 1 aliphatic carbocycles. The van der Waals surface area contributed by atoms with Crippen molar-refractivity contribution in [3.8, 4) is 6.07 Å². The number of nitrogens with zero attached hydrogens (tertiary/aromatic N) is 6. The number of thioether (sulfide) groups is 1. The fourth-order valence-corrected chi connectivity index (χ4v) is 4.88. The number of nitriles is 1. The summed E-state index contributed by atoms with van der Waals surface area (Å²) in [6.45, 7) is 0. The van der Waals surface area contributed by atoms with Gasteiger partial charge in [0, 0.05) is 14.1 Å². The van der Waals surface area contributed by atoms with E-state index in [0.29, 0.717) is 21.8 Å². The third-order valence-corrected chi connectivity index (χ3v) is 6.74. The molecule has 0 unspecified atom stereocenters. The lowest BCUT2D eigenvalue weighted by atomic mass is 9.81. The van der Waals surface area contributed by atoms with Crippen molar-refractivity contribution < 1.29 is 4.79 Å². The lowest BCUT2D eigenvalue weighted by molar-refractivity contribution is -0.131. The van der Waals surface area contributed by atoms with E-state index in [1.54, 1.807) is 29.5 Å². The van der Waals surface area contributed by atoms with Crippen LogP contribution < -0.4 is 5.56 Å². The normalized spacial score (nSPS) is 16.0. The first-order chi connectivity index (χ1) is 14.0. The molecular weight excluding hydrogens is 388 g/mol. The predicted octanol–water partition coefficient (Wildman–Crippen LogP) is 2.36. The number of amides is 1. The number of rotatable bonds is 4. The number of hydrogen-bond acceptors (Lipinski definition) is 6. The monoisotopic (exact) mass is 410 g/mol. The summed E-state index contributed by atoms with van der Waals surface area (Å²) in [7, 11) is 3.38. The van der Waals surface area contributed by atoms with Crippen molar-refractivity contribution >= 4 is 34.3 Å². The summed E-state index contributed by atoms with van der Waals surface area (Å²) in [5.41, 5.74) is -0.139. The average molecular weight is 411 g/mol. The number of para-hydroxylation sites is 1. The van der Waals surface area contributed by atoms with E-state index in [2.05, 4.69) is 16.3 Å². The summed E-state index contributed by atoms with van der Waals surface area (Å²) < 4.78 is 3.26. The highest BCUT2D eigenvalue weighted by molar-refractivity contribution is 7.99. The van der Waals surface area contributed by atoms with Crippen LogP contribution in [0.5, 0.6) is 0 Å². The molecule has 0 N–H and O–H groups in total. The molecule has 0 aliphatic heterocycles. The van der Waals surface area contributed by atoms with E-state index in [9.17, 15) is 14.9 Å². The number of carbonyl (C=O) groups excluding carboxylic acids is 1. The first kappa shape index (κ1) is 19.5. The molecule has 3 aromatic rings. The van der Waals surface area contributed by atoms with Gasteiger partial charge in [0.25, 0.3) is 5.56 Å². The lowest BCUT2D eigenvalue weighted by Crippen LogP contribution is -2.50. The second-order valence-corrected chi connectivity index (χ2v) is 8.39. The van der Waals surface area contributed by atoms with Crippen LogP contribution in [-0.2, 0) is 11.8 Å². The zero-order chi connectivity index (χ0) is 20.6. The van der Waals surface area contributed by atoms with Crippen LogP contribution >= 0.6 is 11.8 Å². The predicted molar refractivity (Wildman–Crippen MR) is 111 cm³/mol. The van der Waals surface area contributed by atoms with E-state index >= 15 is 0 Å². The molecule has 1 saturated carbocycles. The molecule has 0 atom stereocenters. The molecule has 8 nitrogen and oxygen atoms in total. The maximum Gasteiger partial charge on any atom is 0.262 e. The average Bonchev–Trinajstić information content (AvgIpc) is 3.20. The van der Waals surface area contributed by atoms with Crippen LogP contribution in [0, 0.1) is 11.3 Å². The number of hydrogen-bond donors (Lipinski definition) is 0. The molecule has 1 fully saturated rings. The van der Waals surface area contributed by atoms with Crippen LogP contribution in [0.3, 0.4) is 0 Å². The van der Waals surface area contributed by atoms with Crippen LogP contribution in [0.25, 0.3) is 16.7 Å². The third kappa shape index (κ3) is 3.17. The quantitative estimate of drug-likeness (QED) is 0.613. The maximum atomic E-state index is 12.9. The molecule has 150 valence electrons. The van der Waals surface area contributed by atoms with E-state index in [1.165, 1.54) is 16.3 Å². The van der Waals surface area contributed by atoms with E-state index in [4.69, 9.17) is 0 Å². The molecular formula is C20H22N6O2S. The van der Waals surface area contributed by atoms with Crippen molar-refractivity contribution in [2.75, 3.05) is 12.8 Å². The summed E-state index contributed by atoms with van der Waals surface area (Å²) in [6.07, 6.45) is 4.48. The molecule has 4 rings (SSSR count). The van der Waals surface area contributed by atoms with Gasteiger partial charge in [-0.1, -0.05) is 43.2 Å². The molecule has 2 aromatic heterocycles. The van der Waals surface area contributed by atoms with Crippen LogP contribution in [0.1, 0.15) is 32.1 Å². The Morgan fingerprint density at radius 3 is 2.72 bits per heavy atom. The fraction of sp³-hybridized carbons (Fsp3) is 0.450. The molecule has 29 heavy (non-hydrogen) atoms. The Bertz CT molecular complexity index is 1190. The lowest BCUT2D eigenvalue weighted by Gasteiger charge is -2.39. The highest BCUT2D eigenvalue weighted by atomic mass is 32.2. The van der Waals surface area contributed by atoms with E-state index in [-0.39, 0.29) is 17.2 Å². The smallest absolute Gasteiger partial charge is 0.262 e. The number of carbonyl (C=O) groups is 1. The van der Waals surface area contributed by atoms with Crippen LogP contribution in [-0.4, -0.2) is 48.3 Å². The summed E-state index contributed by atoms with van der Waals surface area (Å²) in [4.78, 5) is 27.0. The van der Waals surface area contributed by atoms with E-state index in [1.807, 2.05) is 18.2 Å². The van der Waals surface area contributed by atoms with Gasteiger partial charge in [-0.05, 0) is 25.0 Å². The van der Waals surface area contributed by atoms with Crippen LogP contribution in [0.15, 0.2) is 34.2 Å². The first-order valence-corrected chi connectivity index (χ1v) is 10.6. The molecule has 2 heterocycles. The molecule has 0 radical (unpaired) electrons. The van der Waals surface area contributed by atoms with Crippen molar-refractivity contribution in [2.45, 2.75) is 42.8 Å². The van der Waals surface area contributed by atoms with Gasteiger partial charge in [-0.3, -0.25) is 18.6 Å². The van der Waals surface area contributed by atoms with Gasteiger partial charge in [-0.15, -0.1) is 10.2 Å². The standard InChI is InChI=1S/C20H22N6O2S/c1-24-17(28)14-8-4-5-9-15(14)26-18(24)22-23-19(26)29-12-16(27)25(2)20(13-21)10-6-3-7-11-20/h4-5,8-9H,3,6-7,10-12H2,1-2H3. The Hall–Kier alpha value is -2.86. The van der Waals surface area contributed by atoms with Gasteiger partial charge < -0.3 is 4.90 Å². The summed E-state index contributed by atoms with van der Waals surface area (Å²) in [6, 6.07) is 9.67. The zero-order valence-corrected chi connectivity index (χ0v) is 17.3. The molecule has 0 bridgehead atoms. The maximum absolute atomic E-state index is 12.9. The SMILES string of the molecule is CN(C(=O)CSc1nnc2n(C)c(=O)c3ccccc3n12)C1(C#N)CCCCC1. The van der Waals surface area contributed by atoms with Crippen molar-refractivity contribution in [3.05, 3.63) is 34.6 Å². The third-order valence-electron chi connectivity index (χ3n) is 5.83. The minimum absolute atomic E-state index is 0.107. The summed E-state index contributed by atoms with van der Waals surface area (Å²) >= 11 is 1.27. The molecule has 1 amide bonds. The van der Waals surface area contributed by atoms with Gasteiger partial charge in [0.05, 0.1) is 22.7 Å². The number of aryl methyl sites for hydroxylation is 1. The fourth-order valence-electron chi connectivity index (χ4n) is 4.03. The van der Waals surface area contributed by atoms with Gasteiger partial charge >= 0.3 is 0 Å². The molecule has 1 aromatic carbocycles. The molecule has 0 spiro atoms. The van der Waals surface area contributed by atoms with Gasteiger partial charge in [0.2, 0.25) is 11.7 Å². The minimum atomic E-state index is -0.709. The van der Waals surface area contributed by atoms with Crippen molar-refractivity contribution in [2.24, 2.45) is 7.05 Å². The molecule has 1 aliphatic rings. The topological polar surface area (TPSA) is 96.3 Å². The van der Waals surface area contributed by atoms with Crippen LogP contribution in [0.4, 0.5) is 0 Å². The van der Waals surface area contributed by atoms with Gasteiger partial charge in [-0.2, -0.15) is 5.26 Å². The molecule has 0 saturated heterocycles. The highest BCUT2D eigenvalue weighted by Gasteiger charge is 2.38. The first-order valence-electron chi connectivity index (χ1n) is 9.62. The Kier molecular flexibility index (Phi) is 5.04. The Morgan fingerprint density at radius 1 is 1.28 bits per heavy atom. The van der Waals surface area contributed by atoms with Gasteiger partial charge in [-0.25, -0.2) is 0 Å². The van der Waals surface area contributed by atoms with Crippen molar-refractivity contribution in [1.82, 2.24) is 24.1 Å². The second kappa shape index (κ2) is 7.52. The van der Waals surface area contributed by atoms with Crippen molar-refractivity contribution in [3.63, 3.8) is 0 Å². The largest absolute Gasteiger partial charge is 0.326 e. The number of benzene rings is 1. The summed E-state index contributed by atoms with van der Waals surface area (Å²) in [5.74, 6) is 0.472. The second-order valence-electron chi connectivity index (χ2n) is 7.44. The van der Waals surface area contributed by atoms with Gasteiger partial charge in [0.1, 0.15) is 5.54 Å². The minimum Gasteiger partial charge on any atom is -0.326 e. The summed E-state index contributed by atoms with van der Waals surface area (Å²) in [5, 5.41) is 19.2. The van der Waals surface area contributed by atoms with E-state index < -0.39 is 5.54 Å². The number of aromatic nitrogens is 4. The zero-order valence-electron chi connectivity index (χ0n) is 16.5. The molecule has 9 heteroatoms. The van der Waals surface area contributed by atoms with E-state index in [0.717, 1.165) is 32.1 Å². The van der Waals surface area contributed by atoms with Gasteiger partial charge in [0.15, 0.2) is 5.16 Å². The Labute approximate surface area is 172 Å². The number of fused-ring (bicyclic) bond motifs is 3. The van der Waals surface area contributed by atoms with Crippen molar-refractivity contribution in [1.29, 1.82) is 5.26 Å². The Morgan fingerprint density at radius 2 is 2.00 bits per heavy atom. The Balaban J connectivity index is 1.63. The highest BCUT2D eigenvalue weighted by Crippen LogP contribution is 2.33. The van der Waals surface area contributed by atoms with Crippen LogP contribution in [0.2, 0.25) is 0 Å².